The average molecular weight is 1180 g/mol. The van der Waals surface area contributed by atoms with E-state index < -0.39 is 61.4 Å². The molecule has 13 heteroatoms. The maximum Gasteiger partial charge on any atom is 0.573 e. The number of carbonyl (C=O) groups is 3. The predicted molar refractivity (Wildman–Crippen MR) is 279 cm³/mol. The Morgan fingerprint density at radius 3 is 1.26 bits per heavy atom. The first-order chi connectivity index (χ1) is 34.3. The van der Waals surface area contributed by atoms with Crippen LogP contribution in [0.2, 0.25) is 0 Å². The fourth-order valence-corrected chi connectivity index (χ4v) is 9.74. The summed E-state index contributed by atoms with van der Waals surface area (Å²) in [6.45, 7) is 1.67. The van der Waals surface area contributed by atoms with Crippen molar-refractivity contribution in [2.75, 3.05) is 5.75 Å². The molecule has 2 atom stereocenters. The van der Waals surface area contributed by atoms with E-state index in [1.165, 1.54) is 42.5 Å². The van der Waals surface area contributed by atoms with Gasteiger partial charge in [-0.1, -0.05) is 213 Å². The fraction of sp³-hybridized carbons (Fsp3) is 0.0833. The monoisotopic (exact) mass is 1180 g/mol. The van der Waals surface area contributed by atoms with Crippen LogP contribution in [-0.2, 0) is 60.0 Å². The van der Waals surface area contributed by atoms with E-state index in [1.54, 1.807) is 189 Å². The molecule has 0 spiro atoms. The van der Waals surface area contributed by atoms with Crippen LogP contribution in [0.25, 0.3) is 36.5 Å². The molecule has 0 aromatic heterocycles. The molecule has 1 aliphatic carbocycles. The molecule has 7 rings (SSSR count). The first-order valence-electron chi connectivity index (χ1n) is 22.5. The van der Waals surface area contributed by atoms with Crippen LogP contribution in [-0.4, -0.2) is 44.7 Å². The largest absolute Gasteiger partial charge is 0.573 e. The molecular formula is C60H46F3NO6Pd2S. The van der Waals surface area contributed by atoms with E-state index in [9.17, 15) is 0 Å². The van der Waals surface area contributed by atoms with Gasteiger partial charge in [0.25, 0.3) is 0 Å². The second kappa shape index (κ2) is 26.6. The SMILES string of the molecule is CCSC1(C(=Cc2ccccc2)C(=O)C=Cc2ccccc2)C=CC(OC(F)(F)F)=C(C(=Cc2ccccc2)C(=O)C=Cc2ccccc2)C1(C(=Cc1ccccc1)C(=O)C=Cc1ccccc1)[N+](=O)[O-].[Pd].[Pd]. The van der Waals surface area contributed by atoms with Crippen molar-refractivity contribution in [2.45, 2.75) is 23.6 Å². The van der Waals surface area contributed by atoms with Crippen molar-refractivity contribution in [1.29, 1.82) is 0 Å². The number of ether oxygens (including phenoxy) is 1. The molecule has 0 radical (unpaired) electrons. The van der Waals surface area contributed by atoms with Gasteiger partial charge in [-0.3, -0.25) is 24.5 Å². The van der Waals surface area contributed by atoms with Gasteiger partial charge in [0.05, 0.1) is 11.1 Å². The Bertz CT molecular complexity index is 3120. The minimum absolute atomic E-state index is 0. The smallest absolute Gasteiger partial charge is 0.405 e. The van der Waals surface area contributed by atoms with Crippen LogP contribution in [0, 0.1) is 10.1 Å². The zero-order valence-corrected chi connectivity index (χ0v) is 42.9. The minimum Gasteiger partial charge on any atom is -0.405 e. The molecule has 6 aromatic rings. The summed E-state index contributed by atoms with van der Waals surface area (Å²) in [5.74, 6) is -3.90. The summed E-state index contributed by atoms with van der Waals surface area (Å²) in [5, 5.41) is 15.5. The van der Waals surface area contributed by atoms with Crippen molar-refractivity contribution >= 4 is 65.6 Å². The Balaban J connectivity index is 0.00000494. The number of hydrogen-bond acceptors (Lipinski definition) is 7. The van der Waals surface area contributed by atoms with Gasteiger partial charge in [0.2, 0.25) is 0 Å². The number of thioether (sulfide) groups is 1. The van der Waals surface area contributed by atoms with Crippen molar-refractivity contribution in [3.63, 3.8) is 0 Å². The van der Waals surface area contributed by atoms with Gasteiger partial charge in [-0.15, -0.1) is 24.9 Å². The number of benzene rings is 6. The summed E-state index contributed by atoms with van der Waals surface area (Å²) >= 11 is 0.856. The van der Waals surface area contributed by atoms with E-state index in [-0.39, 0.29) is 63.3 Å². The minimum atomic E-state index is -5.50. The Morgan fingerprint density at radius 1 is 0.548 bits per heavy atom. The van der Waals surface area contributed by atoms with Crippen molar-refractivity contribution < 1.29 is 78.1 Å². The summed E-state index contributed by atoms with van der Waals surface area (Å²) in [5.41, 5.74) is -3.22. The fourth-order valence-electron chi connectivity index (χ4n) is 8.31. The van der Waals surface area contributed by atoms with Gasteiger partial charge in [-0.05, 0) is 81.7 Å². The molecule has 7 nitrogen and oxygen atoms in total. The molecule has 0 fully saturated rings. The summed E-state index contributed by atoms with van der Waals surface area (Å²) < 4.78 is 47.9. The summed E-state index contributed by atoms with van der Waals surface area (Å²) in [4.78, 5) is 61.1. The first kappa shape index (κ1) is 56.8. The van der Waals surface area contributed by atoms with Crippen molar-refractivity contribution in [3.8, 4) is 0 Å². The average Bonchev–Trinajstić information content (AvgIpc) is 3.38. The van der Waals surface area contributed by atoms with Crippen molar-refractivity contribution in [1.82, 2.24) is 0 Å². The summed E-state index contributed by atoms with van der Waals surface area (Å²) in [6, 6.07) is 50.7. The van der Waals surface area contributed by atoms with E-state index in [0.29, 0.717) is 22.3 Å². The van der Waals surface area contributed by atoms with Crippen molar-refractivity contribution in [2.24, 2.45) is 0 Å². The molecule has 374 valence electrons. The van der Waals surface area contributed by atoms with Gasteiger partial charge in [0.1, 0.15) is 10.5 Å². The maximum atomic E-state index is 15.7. The Morgan fingerprint density at radius 2 is 0.890 bits per heavy atom. The van der Waals surface area contributed by atoms with Crippen LogP contribution in [0.5, 0.6) is 0 Å². The normalized spacial score (nSPS) is 17.3. The first-order valence-corrected chi connectivity index (χ1v) is 23.5. The summed E-state index contributed by atoms with van der Waals surface area (Å²) in [7, 11) is 0. The van der Waals surface area contributed by atoms with Crippen LogP contribution >= 0.6 is 11.8 Å². The maximum absolute atomic E-state index is 15.7. The summed E-state index contributed by atoms with van der Waals surface area (Å²) in [6.07, 6.45) is 8.30. The van der Waals surface area contributed by atoms with Gasteiger partial charge in [0, 0.05) is 56.9 Å². The molecule has 0 N–H and O–H groups in total. The molecule has 73 heavy (non-hydrogen) atoms. The number of hydrogen-bond donors (Lipinski definition) is 0. The number of ketones is 3. The molecular weight excluding hydrogens is 1130 g/mol. The topological polar surface area (TPSA) is 104 Å². The third-order valence-corrected chi connectivity index (χ3v) is 12.7. The van der Waals surface area contributed by atoms with Crippen LogP contribution < -0.4 is 0 Å². The van der Waals surface area contributed by atoms with Gasteiger partial charge in [-0.25, -0.2) is 0 Å². The third-order valence-electron chi connectivity index (χ3n) is 11.4. The van der Waals surface area contributed by atoms with Gasteiger partial charge >= 0.3 is 11.9 Å². The molecule has 1 aliphatic rings. The molecule has 2 unspecified atom stereocenters. The molecule has 0 aliphatic heterocycles. The number of nitrogens with zero attached hydrogens (tertiary/aromatic N) is 1. The molecule has 6 aromatic carbocycles. The van der Waals surface area contributed by atoms with Crippen LogP contribution in [0.3, 0.4) is 0 Å². The van der Waals surface area contributed by atoms with Crippen molar-refractivity contribution in [3.05, 3.63) is 284 Å². The van der Waals surface area contributed by atoms with Gasteiger partial charge in [0.15, 0.2) is 17.3 Å². The van der Waals surface area contributed by atoms with E-state index in [4.69, 9.17) is 4.74 Å². The second-order valence-corrected chi connectivity index (χ2v) is 17.5. The molecule has 0 saturated carbocycles. The molecule has 0 bridgehead atoms. The number of carbonyl (C=O) groups excluding carboxylic acids is 3. The third kappa shape index (κ3) is 13.9. The van der Waals surface area contributed by atoms with E-state index in [2.05, 4.69) is 0 Å². The number of halogens is 3. The Kier molecular flexibility index (Phi) is 20.7. The van der Waals surface area contributed by atoms with Crippen LogP contribution in [0.15, 0.2) is 240 Å². The zero-order valence-electron chi connectivity index (χ0n) is 38.9. The molecule has 0 amide bonds. The van der Waals surface area contributed by atoms with Crippen LogP contribution in [0.4, 0.5) is 13.2 Å². The predicted octanol–water partition coefficient (Wildman–Crippen LogP) is 13.9. The number of rotatable bonds is 19. The van der Waals surface area contributed by atoms with Gasteiger partial charge < -0.3 is 4.74 Å². The van der Waals surface area contributed by atoms with Gasteiger partial charge in [-0.2, -0.15) is 0 Å². The standard InChI is InChI=1S/C60H46F3NO6S.2Pd/c1-2-71-58(51(42-48-29-17-7-18-30-48)54(66)37-34-45-23-11-4-12-24-45)40-39-56(70-60(61,62)63)57(50(41-47-27-15-6-16-28-47)53(65)36-33-44-21-9-3-10-22-44)59(58,64(68)69)52(43-49-31-19-8-20-32-49)55(67)38-35-46-25-13-5-14-26-46;;/h3-43H,2H2,1H3;;. The van der Waals surface area contributed by atoms with E-state index in [1.807, 2.05) is 0 Å². The quantitative estimate of drug-likeness (QED) is 0.0344. The number of allylic oxidation sites excluding steroid dienone is 4. The second-order valence-electron chi connectivity index (χ2n) is 16.0. The number of nitro groups is 1. The molecule has 0 saturated heterocycles. The molecule has 0 heterocycles. The van der Waals surface area contributed by atoms with E-state index in [0.717, 1.165) is 36.1 Å². The van der Waals surface area contributed by atoms with E-state index >= 15 is 37.7 Å². The Labute approximate surface area is 453 Å². The van der Waals surface area contributed by atoms with Crippen LogP contribution in [0.1, 0.15) is 40.3 Å². The zero-order chi connectivity index (χ0) is 50.3. The number of alkyl halides is 3. The Hall–Kier alpha value is -7.09.